The van der Waals surface area contributed by atoms with Gasteiger partial charge in [0.1, 0.15) is 0 Å². The molecule has 2 fully saturated rings. The summed E-state index contributed by atoms with van der Waals surface area (Å²) < 4.78 is 0. The van der Waals surface area contributed by atoms with E-state index in [4.69, 9.17) is 5.73 Å². The van der Waals surface area contributed by atoms with Gasteiger partial charge in [-0.25, -0.2) is 0 Å². The Bertz CT molecular complexity index is 718. The second-order valence-corrected chi connectivity index (χ2v) is 11.5. The van der Waals surface area contributed by atoms with Crippen LogP contribution in [0.5, 0.6) is 0 Å². The normalized spacial score (nSPS) is 19.1. The van der Waals surface area contributed by atoms with Crippen LogP contribution in [0, 0.1) is 11.8 Å². The molecule has 192 valence electrons. The van der Waals surface area contributed by atoms with Gasteiger partial charge in [-0.05, 0) is 87.6 Å². The number of benzene rings is 1. The van der Waals surface area contributed by atoms with E-state index in [-0.39, 0.29) is 11.9 Å². The van der Waals surface area contributed by atoms with Gasteiger partial charge in [0.15, 0.2) is 0 Å². The Hall–Kier alpha value is -1.59. The average molecular weight is 471 g/mol. The quantitative estimate of drug-likeness (QED) is 0.498. The molecule has 0 aromatic heterocycles. The molecule has 0 bridgehead atoms. The summed E-state index contributed by atoms with van der Waals surface area (Å²) in [4.78, 5) is 20.0. The Balaban J connectivity index is 1.58. The van der Waals surface area contributed by atoms with E-state index >= 15 is 0 Å². The molecular weight excluding hydrogens is 420 g/mol. The van der Waals surface area contributed by atoms with Crippen LogP contribution in [0.25, 0.3) is 0 Å². The van der Waals surface area contributed by atoms with Crippen LogP contribution < -0.4 is 10.6 Å². The average Bonchev–Trinajstić information content (AvgIpc) is 2.83. The molecule has 3 rings (SSSR count). The van der Waals surface area contributed by atoms with Crippen molar-refractivity contribution in [2.45, 2.75) is 91.1 Å². The fourth-order valence-electron chi connectivity index (χ4n) is 5.49. The Labute approximate surface area is 209 Å². The molecule has 2 N–H and O–H groups in total. The number of carbonyl (C=O) groups is 1. The van der Waals surface area contributed by atoms with Gasteiger partial charge < -0.3 is 20.4 Å². The van der Waals surface area contributed by atoms with Gasteiger partial charge in [-0.3, -0.25) is 4.79 Å². The maximum absolute atomic E-state index is 12.8. The minimum Gasteiger partial charge on any atom is -0.368 e. The molecule has 1 aromatic rings. The summed E-state index contributed by atoms with van der Waals surface area (Å²) in [6.07, 6.45) is 9.26. The summed E-state index contributed by atoms with van der Waals surface area (Å²) in [6, 6.07) is 9.48. The summed E-state index contributed by atoms with van der Waals surface area (Å²) in [7, 11) is 0. The van der Waals surface area contributed by atoms with E-state index in [1.54, 1.807) is 0 Å². The topological polar surface area (TPSA) is 52.8 Å². The number of hydrogen-bond acceptors (Lipinski definition) is 4. The van der Waals surface area contributed by atoms with Crippen molar-refractivity contribution < 1.29 is 4.79 Å². The zero-order valence-corrected chi connectivity index (χ0v) is 22.3. The highest BCUT2D eigenvalue weighted by Crippen LogP contribution is 2.26. The Morgan fingerprint density at radius 1 is 0.971 bits per heavy atom. The van der Waals surface area contributed by atoms with Gasteiger partial charge in [0.05, 0.1) is 6.04 Å². The Morgan fingerprint density at radius 2 is 1.62 bits per heavy atom. The lowest BCUT2D eigenvalue weighted by atomic mass is 9.98. The van der Waals surface area contributed by atoms with Crippen LogP contribution in [-0.2, 0) is 11.2 Å². The molecule has 2 aliphatic rings. The first-order valence-corrected chi connectivity index (χ1v) is 14.0. The second kappa shape index (κ2) is 13.5. The lowest BCUT2D eigenvalue weighted by Gasteiger charge is -2.41. The number of piperidine rings is 2. The first-order chi connectivity index (χ1) is 16.3. The predicted molar refractivity (Wildman–Crippen MR) is 144 cm³/mol. The molecule has 5 heteroatoms. The standard InChI is InChI=1S/C29H50N4O/c1-23(2)12-21-33(27-14-19-32(20-15-27)29(34)28(30)22-24(3)4)26-10-8-25(9-11-26)13-18-31-16-6-5-7-17-31/h8-11,23-24,27-28H,5-7,12-22,30H2,1-4H3. The molecular formula is C29H50N4O. The molecule has 0 spiro atoms. The lowest BCUT2D eigenvalue weighted by Crippen LogP contribution is -2.51. The van der Waals surface area contributed by atoms with Crippen molar-refractivity contribution in [3.63, 3.8) is 0 Å². The smallest absolute Gasteiger partial charge is 0.239 e. The summed E-state index contributed by atoms with van der Waals surface area (Å²) in [5, 5.41) is 0. The predicted octanol–water partition coefficient (Wildman–Crippen LogP) is 4.93. The number of amides is 1. The van der Waals surface area contributed by atoms with Crippen molar-refractivity contribution in [2.24, 2.45) is 17.6 Å². The summed E-state index contributed by atoms with van der Waals surface area (Å²) in [6.45, 7) is 15.3. The monoisotopic (exact) mass is 470 g/mol. The molecule has 1 aromatic carbocycles. The van der Waals surface area contributed by atoms with Crippen LogP contribution in [0.1, 0.15) is 78.2 Å². The SMILES string of the molecule is CC(C)CCN(c1ccc(CCN2CCCCC2)cc1)C1CCN(C(=O)C(N)CC(C)C)CC1. The molecule has 1 unspecified atom stereocenters. The van der Waals surface area contributed by atoms with Gasteiger partial charge in [-0.2, -0.15) is 0 Å². The molecule has 2 aliphatic heterocycles. The molecule has 0 radical (unpaired) electrons. The van der Waals surface area contributed by atoms with Crippen LogP contribution in [0.4, 0.5) is 5.69 Å². The largest absolute Gasteiger partial charge is 0.368 e. The first-order valence-electron chi connectivity index (χ1n) is 14.0. The molecule has 0 aliphatic carbocycles. The van der Waals surface area contributed by atoms with E-state index in [9.17, 15) is 4.79 Å². The molecule has 34 heavy (non-hydrogen) atoms. The van der Waals surface area contributed by atoms with Crippen LogP contribution in [0.3, 0.4) is 0 Å². The van der Waals surface area contributed by atoms with Crippen LogP contribution in [0.15, 0.2) is 24.3 Å². The van der Waals surface area contributed by atoms with Gasteiger partial charge in [-0.1, -0.05) is 46.2 Å². The molecule has 2 saturated heterocycles. The first kappa shape index (κ1) is 27.0. The third kappa shape index (κ3) is 8.27. The Kier molecular flexibility index (Phi) is 10.7. The summed E-state index contributed by atoms with van der Waals surface area (Å²) in [5.41, 5.74) is 8.98. The van der Waals surface area contributed by atoms with Crippen LogP contribution in [0.2, 0.25) is 0 Å². The van der Waals surface area contributed by atoms with E-state index in [2.05, 4.69) is 61.8 Å². The number of hydrogen-bond donors (Lipinski definition) is 1. The fourth-order valence-corrected chi connectivity index (χ4v) is 5.49. The van der Waals surface area contributed by atoms with Gasteiger partial charge in [0.25, 0.3) is 0 Å². The third-order valence-electron chi connectivity index (χ3n) is 7.64. The van der Waals surface area contributed by atoms with E-state index in [0.29, 0.717) is 17.9 Å². The van der Waals surface area contributed by atoms with Crippen molar-refractivity contribution >= 4 is 11.6 Å². The number of nitrogens with zero attached hydrogens (tertiary/aromatic N) is 3. The highest BCUT2D eigenvalue weighted by atomic mass is 16.2. The Morgan fingerprint density at radius 3 is 2.21 bits per heavy atom. The minimum atomic E-state index is -0.355. The molecule has 1 amide bonds. The van der Waals surface area contributed by atoms with E-state index in [1.807, 2.05) is 4.90 Å². The minimum absolute atomic E-state index is 0.138. The fraction of sp³-hybridized carbons (Fsp3) is 0.759. The van der Waals surface area contributed by atoms with Crippen LogP contribution in [-0.4, -0.2) is 67.1 Å². The number of rotatable bonds is 11. The van der Waals surface area contributed by atoms with Crippen molar-refractivity contribution in [1.82, 2.24) is 9.80 Å². The number of carbonyl (C=O) groups excluding carboxylic acids is 1. The van der Waals surface area contributed by atoms with Gasteiger partial charge in [0.2, 0.25) is 5.91 Å². The summed E-state index contributed by atoms with van der Waals surface area (Å²) >= 11 is 0. The van der Waals surface area contributed by atoms with Gasteiger partial charge in [0, 0.05) is 37.9 Å². The van der Waals surface area contributed by atoms with Crippen molar-refractivity contribution in [3.8, 4) is 0 Å². The highest BCUT2D eigenvalue weighted by molar-refractivity contribution is 5.81. The molecule has 5 nitrogen and oxygen atoms in total. The number of likely N-dealkylation sites (tertiary alicyclic amines) is 2. The molecule has 1 atom stereocenters. The van der Waals surface area contributed by atoms with Crippen LogP contribution >= 0.6 is 0 Å². The van der Waals surface area contributed by atoms with Crippen molar-refractivity contribution in [3.05, 3.63) is 29.8 Å². The van der Waals surface area contributed by atoms with E-state index in [1.165, 1.54) is 56.6 Å². The highest BCUT2D eigenvalue weighted by Gasteiger charge is 2.29. The van der Waals surface area contributed by atoms with E-state index < -0.39 is 0 Å². The number of anilines is 1. The van der Waals surface area contributed by atoms with Gasteiger partial charge >= 0.3 is 0 Å². The number of nitrogens with two attached hydrogens (primary N) is 1. The zero-order chi connectivity index (χ0) is 24.5. The maximum atomic E-state index is 12.8. The van der Waals surface area contributed by atoms with E-state index in [0.717, 1.165) is 45.3 Å². The van der Waals surface area contributed by atoms with Crippen molar-refractivity contribution in [2.75, 3.05) is 44.2 Å². The van der Waals surface area contributed by atoms with Crippen molar-refractivity contribution in [1.29, 1.82) is 0 Å². The van der Waals surface area contributed by atoms with Gasteiger partial charge in [-0.15, -0.1) is 0 Å². The maximum Gasteiger partial charge on any atom is 0.239 e. The molecule has 0 saturated carbocycles. The second-order valence-electron chi connectivity index (χ2n) is 11.5. The lowest BCUT2D eigenvalue weighted by molar-refractivity contribution is -0.134. The zero-order valence-electron chi connectivity index (χ0n) is 22.3. The summed E-state index contributed by atoms with van der Waals surface area (Å²) in [5.74, 6) is 1.27. The third-order valence-corrected chi connectivity index (χ3v) is 7.64. The molecule has 2 heterocycles.